The number of terminal acetylenes is 1. The fourth-order valence-electron chi connectivity index (χ4n) is 1.85. The summed E-state index contributed by atoms with van der Waals surface area (Å²) in [6.07, 6.45) is 5.47. The fourth-order valence-corrected chi connectivity index (χ4v) is 1.85. The Labute approximate surface area is 111 Å². The molecule has 0 N–H and O–H groups in total. The van der Waals surface area contributed by atoms with E-state index in [4.69, 9.17) is 15.9 Å². The molecule has 0 aliphatic carbocycles. The molecule has 0 unspecified atom stereocenters. The van der Waals surface area contributed by atoms with Crippen molar-refractivity contribution in [3.8, 4) is 35.0 Å². The zero-order valence-electron chi connectivity index (χ0n) is 10.7. The Kier molecular flexibility index (Phi) is 3.72. The SMILES string of the molecule is C#Cc1cc(OC)ccc1-c1ccc(OC)cc1F. The van der Waals surface area contributed by atoms with Crippen molar-refractivity contribution in [2.75, 3.05) is 14.2 Å². The first-order chi connectivity index (χ1) is 9.19. The molecule has 0 radical (unpaired) electrons. The number of benzene rings is 2. The van der Waals surface area contributed by atoms with Gasteiger partial charge in [-0.25, -0.2) is 4.39 Å². The topological polar surface area (TPSA) is 18.5 Å². The molecule has 0 fully saturated rings. The van der Waals surface area contributed by atoms with Gasteiger partial charge in [0.1, 0.15) is 17.3 Å². The lowest BCUT2D eigenvalue weighted by molar-refractivity contribution is 0.411. The highest BCUT2D eigenvalue weighted by molar-refractivity contribution is 5.73. The highest BCUT2D eigenvalue weighted by atomic mass is 19.1. The lowest BCUT2D eigenvalue weighted by atomic mass is 9.99. The summed E-state index contributed by atoms with van der Waals surface area (Å²) in [4.78, 5) is 0. The van der Waals surface area contributed by atoms with Crippen LogP contribution in [0, 0.1) is 18.2 Å². The Morgan fingerprint density at radius 2 is 1.53 bits per heavy atom. The van der Waals surface area contributed by atoms with Gasteiger partial charge in [-0.3, -0.25) is 0 Å². The van der Waals surface area contributed by atoms with E-state index in [0.29, 0.717) is 28.2 Å². The number of rotatable bonds is 3. The summed E-state index contributed by atoms with van der Waals surface area (Å²) in [5.74, 6) is 3.29. The van der Waals surface area contributed by atoms with Gasteiger partial charge in [-0.1, -0.05) is 5.92 Å². The minimum atomic E-state index is -0.374. The van der Waals surface area contributed by atoms with E-state index in [1.54, 1.807) is 37.4 Å². The van der Waals surface area contributed by atoms with Crippen LogP contribution in [0.4, 0.5) is 4.39 Å². The normalized spacial score (nSPS) is 9.79. The molecule has 3 heteroatoms. The summed E-state index contributed by atoms with van der Waals surface area (Å²) in [6, 6.07) is 9.89. The van der Waals surface area contributed by atoms with E-state index < -0.39 is 0 Å². The minimum Gasteiger partial charge on any atom is -0.497 e. The first-order valence-electron chi connectivity index (χ1n) is 5.68. The number of hydrogen-bond acceptors (Lipinski definition) is 2. The summed E-state index contributed by atoms with van der Waals surface area (Å²) in [5, 5.41) is 0. The van der Waals surface area contributed by atoms with E-state index in [-0.39, 0.29) is 5.82 Å². The summed E-state index contributed by atoms with van der Waals surface area (Å²) in [7, 11) is 3.05. The van der Waals surface area contributed by atoms with Crippen LogP contribution >= 0.6 is 0 Å². The van der Waals surface area contributed by atoms with Crippen LogP contribution in [0.15, 0.2) is 36.4 Å². The maximum absolute atomic E-state index is 14.0. The third-order valence-corrected chi connectivity index (χ3v) is 2.85. The van der Waals surface area contributed by atoms with Gasteiger partial charge in [0.2, 0.25) is 0 Å². The summed E-state index contributed by atoms with van der Waals surface area (Å²) in [6.45, 7) is 0. The molecular formula is C16H13FO2. The van der Waals surface area contributed by atoms with Crippen LogP contribution in [0.3, 0.4) is 0 Å². The van der Waals surface area contributed by atoms with Crippen LogP contribution in [-0.4, -0.2) is 14.2 Å². The molecule has 0 saturated heterocycles. The van der Waals surface area contributed by atoms with Gasteiger partial charge >= 0.3 is 0 Å². The second-order valence-electron chi connectivity index (χ2n) is 3.90. The third-order valence-electron chi connectivity index (χ3n) is 2.85. The first kappa shape index (κ1) is 13.0. The van der Waals surface area contributed by atoms with E-state index in [1.807, 2.05) is 0 Å². The van der Waals surface area contributed by atoms with Gasteiger partial charge in [0, 0.05) is 22.8 Å². The van der Waals surface area contributed by atoms with E-state index in [1.165, 1.54) is 13.2 Å². The predicted octanol–water partition coefficient (Wildman–Crippen LogP) is 3.49. The molecule has 2 rings (SSSR count). The highest BCUT2D eigenvalue weighted by Crippen LogP contribution is 2.30. The Bertz CT molecular complexity index is 642. The maximum Gasteiger partial charge on any atom is 0.134 e. The average molecular weight is 256 g/mol. The number of ether oxygens (including phenoxy) is 2. The molecule has 0 atom stereocenters. The first-order valence-corrected chi connectivity index (χ1v) is 5.68. The molecule has 0 bridgehead atoms. The standard InChI is InChI=1S/C16H13FO2/c1-4-11-9-12(18-2)5-7-14(11)15-8-6-13(19-3)10-16(15)17/h1,5-10H,2-3H3. The van der Waals surface area contributed by atoms with Crippen LogP contribution in [0.25, 0.3) is 11.1 Å². The molecule has 0 aliphatic heterocycles. The minimum absolute atomic E-state index is 0.374. The largest absolute Gasteiger partial charge is 0.497 e. The van der Waals surface area contributed by atoms with Crippen molar-refractivity contribution in [2.45, 2.75) is 0 Å². The molecule has 96 valence electrons. The van der Waals surface area contributed by atoms with Crippen LogP contribution in [0.5, 0.6) is 11.5 Å². The molecule has 2 nitrogen and oxygen atoms in total. The van der Waals surface area contributed by atoms with E-state index >= 15 is 0 Å². The Balaban J connectivity index is 2.56. The van der Waals surface area contributed by atoms with Gasteiger partial charge in [-0.05, 0) is 30.3 Å². The maximum atomic E-state index is 14.0. The molecule has 2 aromatic rings. The van der Waals surface area contributed by atoms with Crippen molar-refractivity contribution in [2.24, 2.45) is 0 Å². The van der Waals surface area contributed by atoms with E-state index in [9.17, 15) is 4.39 Å². The summed E-state index contributed by atoms with van der Waals surface area (Å²) in [5.41, 5.74) is 1.68. The Hall–Kier alpha value is -2.47. The van der Waals surface area contributed by atoms with Gasteiger partial charge < -0.3 is 9.47 Å². The third kappa shape index (κ3) is 2.53. The molecular weight excluding hydrogens is 243 g/mol. The number of methoxy groups -OCH3 is 2. The van der Waals surface area contributed by atoms with Gasteiger partial charge in [0.05, 0.1) is 14.2 Å². The quantitative estimate of drug-likeness (QED) is 0.783. The Morgan fingerprint density at radius 1 is 0.947 bits per heavy atom. The van der Waals surface area contributed by atoms with Crippen LogP contribution in [0.1, 0.15) is 5.56 Å². The van der Waals surface area contributed by atoms with Crippen LogP contribution in [-0.2, 0) is 0 Å². The van der Waals surface area contributed by atoms with Gasteiger partial charge in [0.25, 0.3) is 0 Å². The lowest BCUT2D eigenvalue weighted by Crippen LogP contribution is -1.92. The molecule has 0 heterocycles. The second-order valence-corrected chi connectivity index (χ2v) is 3.90. The highest BCUT2D eigenvalue weighted by Gasteiger charge is 2.10. The van der Waals surface area contributed by atoms with Crippen molar-refractivity contribution in [3.63, 3.8) is 0 Å². The van der Waals surface area contributed by atoms with Crippen molar-refractivity contribution in [3.05, 3.63) is 47.8 Å². The lowest BCUT2D eigenvalue weighted by Gasteiger charge is -2.09. The average Bonchev–Trinajstić information content (AvgIpc) is 2.46. The van der Waals surface area contributed by atoms with Crippen molar-refractivity contribution in [1.82, 2.24) is 0 Å². The van der Waals surface area contributed by atoms with Crippen molar-refractivity contribution < 1.29 is 13.9 Å². The molecule has 0 amide bonds. The predicted molar refractivity (Wildman–Crippen MR) is 72.9 cm³/mol. The Morgan fingerprint density at radius 3 is 2.05 bits per heavy atom. The zero-order chi connectivity index (χ0) is 13.8. The van der Waals surface area contributed by atoms with Gasteiger partial charge in [0.15, 0.2) is 0 Å². The molecule has 0 aliphatic rings. The fraction of sp³-hybridized carbons (Fsp3) is 0.125. The zero-order valence-corrected chi connectivity index (χ0v) is 10.7. The van der Waals surface area contributed by atoms with E-state index in [2.05, 4.69) is 5.92 Å². The van der Waals surface area contributed by atoms with Crippen molar-refractivity contribution in [1.29, 1.82) is 0 Å². The van der Waals surface area contributed by atoms with Crippen molar-refractivity contribution >= 4 is 0 Å². The second kappa shape index (κ2) is 5.45. The van der Waals surface area contributed by atoms with Gasteiger partial charge in [-0.15, -0.1) is 6.42 Å². The summed E-state index contributed by atoms with van der Waals surface area (Å²) >= 11 is 0. The van der Waals surface area contributed by atoms with E-state index in [0.717, 1.165) is 0 Å². The molecule has 19 heavy (non-hydrogen) atoms. The molecule has 0 saturated carbocycles. The smallest absolute Gasteiger partial charge is 0.134 e. The van der Waals surface area contributed by atoms with Crippen LogP contribution in [0.2, 0.25) is 0 Å². The number of hydrogen-bond donors (Lipinski definition) is 0. The van der Waals surface area contributed by atoms with Gasteiger partial charge in [-0.2, -0.15) is 0 Å². The summed E-state index contributed by atoms with van der Waals surface area (Å²) < 4.78 is 24.1. The molecule has 0 aromatic heterocycles. The monoisotopic (exact) mass is 256 g/mol. The molecule has 2 aromatic carbocycles. The number of halogens is 1. The van der Waals surface area contributed by atoms with Crippen LogP contribution < -0.4 is 9.47 Å². The molecule has 0 spiro atoms.